The average Bonchev–Trinajstić information content (AvgIpc) is 3.14. The number of hydrogen-bond donors (Lipinski definition) is 0. The number of hydrogen-bond acceptors (Lipinski definition) is 7. The number of aromatic nitrogens is 2. The van der Waals surface area contributed by atoms with Crippen LogP contribution in [0.25, 0.3) is 11.1 Å². The van der Waals surface area contributed by atoms with Crippen molar-refractivity contribution in [3.8, 4) is 11.5 Å². The van der Waals surface area contributed by atoms with Gasteiger partial charge in [0.2, 0.25) is 0 Å². The zero-order valence-corrected chi connectivity index (χ0v) is 16.8. The third-order valence-corrected chi connectivity index (χ3v) is 5.30. The maximum absolute atomic E-state index is 12.9. The minimum atomic E-state index is -0.0152. The number of benzene rings is 1. The number of pyridine rings is 1. The van der Waals surface area contributed by atoms with Crippen LogP contribution >= 0.6 is 0 Å². The Bertz CT molecular complexity index is 1020. The Kier molecular flexibility index (Phi) is 5.35. The first kappa shape index (κ1) is 19.2. The molecule has 1 saturated heterocycles. The molecule has 0 N–H and O–H groups in total. The molecule has 1 amide bonds. The number of fused-ring (bicyclic) bond motifs is 1. The third-order valence-electron chi connectivity index (χ3n) is 5.30. The fraction of sp³-hybridized carbons (Fsp3) is 0.381. The van der Waals surface area contributed by atoms with Crippen molar-refractivity contribution in [1.82, 2.24) is 19.9 Å². The molecule has 152 valence electrons. The Morgan fingerprint density at radius 2 is 1.93 bits per heavy atom. The second-order valence-electron chi connectivity index (χ2n) is 7.09. The van der Waals surface area contributed by atoms with Gasteiger partial charge in [-0.15, -0.1) is 0 Å². The van der Waals surface area contributed by atoms with E-state index in [0.29, 0.717) is 24.4 Å². The van der Waals surface area contributed by atoms with Crippen molar-refractivity contribution in [1.29, 1.82) is 0 Å². The Morgan fingerprint density at radius 1 is 1.14 bits per heavy atom. The van der Waals surface area contributed by atoms with Gasteiger partial charge in [-0.25, -0.2) is 4.98 Å². The summed E-state index contributed by atoms with van der Waals surface area (Å²) in [6.45, 7) is 5.48. The summed E-state index contributed by atoms with van der Waals surface area (Å²) in [6, 6.07) is 7.62. The molecule has 1 aromatic carbocycles. The molecule has 1 aliphatic heterocycles. The molecule has 0 unspecified atom stereocenters. The summed E-state index contributed by atoms with van der Waals surface area (Å²) in [5, 5.41) is 4.67. The number of piperazine rings is 1. The predicted molar refractivity (Wildman–Crippen MR) is 107 cm³/mol. The molecule has 4 rings (SSSR count). The molecule has 3 heterocycles. The van der Waals surface area contributed by atoms with Crippen LogP contribution < -0.4 is 9.47 Å². The molecule has 8 heteroatoms. The van der Waals surface area contributed by atoms with Crippen LogP contribution in [0.5, 0.6) is 11.5 Å². The van der Waals surface area contributed by atoms with Crippen LogP contribution in [0, 0.1) is 6.92 Å². The fourth-order valence-electron chi connectivity index (χ4n) is 3.60. The SMILES string of the molecule is COc1ccc(OC)c(CN2CCN(C(=O)c3cnc4onc(C)c4c3)CC2)c1. The predicted octanol–water partition coefficient (Wildman–Crippen LogP) is 2.51. The number of methoxy groups -OCH3 is 2. The lowest BCUT2D eigenvalue weighted by molar-refractivity contribution is 0.0627. The van der Waals surface area contributed by atoms with E-state index in [-0.39, 0.29) is 5.91 Å². The lowest BCUT2D eigenvalue weighted by Gasteiger charge is -2.35. The standard InChI is InChI=1S/C21H24N4O4/c1-14-18-11-15(12-22-20(18)29-23-14)21(26)25-8-6-24(7-9-25)13-16-10-17(27-2)4-5-19(16)28-3/h4-5,10-12H,6-9,13H2,1-3H3. The summed E-state index contributed by atoms with van der Waals surface area (Å²) in [5.74, 6) is 1.63. The number of nitrogens with zero attached hydrogens (tertiary/aromatic N) is 4. The smallest absolute Gasteiger partial charge is 0.257 e. The molecule has 0 radical (unpaired) electrons. The summed E-state index contributed by atoms with van der Waals surface area (Å²) in [7, 11) is 3.33. The number of amides is 1. The Hall–Kier alpha value is -3.13. The van der Waals surface area contributed by atoms with Crippen molar-refractivity contribution in [2.75, 3.05) is 40.4 Å². The number of rotatable bonds is 5. The second kappa shape index (κ2) is 8.08. The first-order chi connectivity index (χ1) is 14.1. The molecule has 3 aromatic rings. The van der Waals surface area contributed by atoms with Gasteiger partial charge in [-0.1, -0.05) is 5.16 Å². The van der Waals surface area contributed by atoms with Gasteiger partial charge >= 0.3 is 0 Å². The number of carbonyl (C=O) groups excluding carboxylic acids is 1. The van der Waals surface area contributed by atoms with E-state index >= 15 is 0 Å². The Balaban J connectivity index is 1.41. The summed E-state index contributed by atoms with van der Waals surface area (Å²) in [5.41, 5.74) is 2.83. The first-order valence-corrected chi connectivity index (χ1v) is 9.53. The minimum Gasteiger partial charge on any atom is -0.497 e. The number of ether oxygens (including phenoxy) is 2. The summed E-state index contributed by atoms with van der Waals surface area (Å²) in [6.07, 6.45) is 1.56. The van der Waals surface area contributed by atoms with Crippen molar-refractivity contribution < 1.29 is 18.8 Å². The van der Waals surface area contributed by atoms with Gasteiger partial charge in [-0.3, -0.25) is 9.69 Å². The van der Waals surface area contributed by atoms with Crippen molar-refractivity contribution >= 4 is 17.0 Å². The zero-order chi connectivity index (χ0) is 20.4. The van der Waals surface area contributed by atoms with Crippen molar-refractivity contribution in [2.45, 2.75) is 13.5 Å². The molecule has 29 heavy (non-hydrogen) atoms. The van der Waals surface area contributed by atoms with Crippen LogP contribution in [0.15, 0.2) is 35.0 Å². The van der Waals surface area contributed by atoms with Gasteiger partial charge in [0.15, 0.2) is 0 Å². The summed E-state index contributed by atoms with van der Waals surface area (Å²) >= 11 is 0. The first-order valence-electron chi connectivity index (χ1n) is 9.53. The van der Waals surface area contributed by atoms with Crippen LogP contribution in [0.1, 0.15) is 21.6 Å². The highest BCUT2D eigenvalue weighted by Gasteiger charge is 2.24. The lowest BCUT2D eigenvalue weighted by Crippen LogP contribution is -2.48. The highest BCUT2D eigenvalue weighted by molar-refractivity contribution is 5.97. The van der Waals surface area contributed by atoms with Crippen molar-refractivity contribution in [2.24, 2.45) is 0 Å². The second-order valence-corrected chi connectivity index (χ2v) is 7.09. The van der Waals surface area contributed by atoms with Gasteiger partial charge in [0, 0.05) is 44.5 Å². The van der Waals surface area contributed by atoms with Crippen molar-refractivity contribution in [3.63, 3.8) is 0 Å². The highest BCUT2D eigenvalue weighted by atomic mass is 16.5. The van der Waals surface area contributed by atoms with E-state index in [1.807, 2.05) is 36.1 Å². The van der Waals surface area contributed by atoms with Gasteiger partial charge in [-0.05, 0) is 31.2 Å². The normalized spacial score (nSPS) is 14.9. The van der Waals surface area contributed by atoms with E-state index in [9.17, 15) is 4.79 Å². The molecule has 8 nitrogen and oxygen atoms in total. The molecule has 0 bridgehead atoms. The molecular formula is C21H24N4O4. The van der Waals surface area contributed by atoms with Crippen LogP contribution in [-0.4, -0.2) is 66.2 Å². The Labute approximate surface area is 169 Å². The zero-order valence-electron chi connectivity index (χ0n) is 16.8. The van der Waals surface area contributed by atoms with Crippen LogP contribution in [0.3, 0.4) is 0 Å². The molecule has 0 saturated carbocycles. The van der Waals surface area contributed by atoms with Gasteiger partial charge in [0.1, 0.15) is 11.5 Å². The number of aryl methyl sites for hydroxylation is 1. The maximum atomic E-state index is 12.9. The van der Waals surface area contributed by atoms with Gasteiger partial charge < -0.3 is 18.9 Å². The summed E-state index contributed by atoms with van der Waals surface area (Å²) in [4.78, 5) is 21.3. The van der Waals surface area contributed by atoms with Crippen LogP contribution in [-0.2, 0) is 6.54 Å². The van der Waals surface area contributed by atoms with Crippen LogP contribution in [0.4, 0.5) is 0 Å². The van der Waals surface area contributed by atoms with Crippen molar-refractivity contribution in [3.05, 3.63) is 47.3 Å². The Morgan fingerprint density at radius 3 is 2.66 bits per heavy atom. The molecule has 1 fully saturated rings. The van der Waals surface area contributed by atoms with E-state index in [4.69, 9.17) is 14.0 Å². The monoisotopic (exact) mass is 396 g/mol. The van der Waals surface area contributed by atoms with E-state index in [1.165, 1.54) is 0 Å². The average molecular weight is 396 g/mol. The molecule has 0 aliphatic carbocycles. The van der Waals surface area contributed by atoms with Gasteiger partial charge in [0.25, 0.3) is 11.6 Å². The van der Waals surface area contributed by atoms with Gasteiger partial charge in [-0.2, -0.15) is 0 Å². The molecule has 1 aliphatic rings. The maximum Gasteiger partial charge on any atom is 0.257 e. The van der Waals surface area contributed by atoms with E-state index in [2.05, 4.69) is 15.0 Å². The van der Waals surface area contributed by atoms with E-state index in [0.717, 1.165) is 47.8 Å². The third kappa shape index (κ3) is 3.88. The molecule has 0 atom stereocenters. The fourth-order valence-corrected chi connectivity index (χ4v) is 3.60. The van der Waals surface area contributed by atoms with E-state index < -0.39 is 0 Å². The van der Waals surface area contributed by atoms with E-state index in [1.54, 1.807) is 20.4 Å². The summed E-state index contributed by atoms with van der Waals surface area (Å²) < 4.78 is 15.9. The minimum absolute atomic E-state index is 0.0152. The molecule has 2 aromatic heterocycles. The molecular weight excluding hydrogens is 372 g/mol. The lowest BCUT2D eigenvalue weighted by atomic mass is 10.1. The van der Waals surface area contributed by atoms with Crippen LogP contribution in [0.2, 0.25) is 0 Å². The highest BCUT2D eigenvalue weighted by Crippen LogP contribution is 2.26. The topological polar surface area (TPSA) is 80.9 Å². The number of carbonyl (C=O) groups is 1. The quantitative estimate of drug-likeness (QED) is 0.655. The largest absolute Gasteiger partial charge is 0.497 e. The van der Waals surface area contributed by atoms with Gasteiger partial charge in [0.05, 0.1) is 30.9 Å². The molecule has 0 spiro atoms.